The Morgan fingerprint density at radius 3 is 2.81 bits per heavy atom. The summed E-state index contributed by atoms with van der Waals surface area (Å²) in [6, 6.07) is 4.82. The van der Waals surface area contributed by atoms with Crippen LogP contribution in [0.25, 0.3) is 11.0 Å². The Hall–Kier alpha value is -1.47. The van der Waals surface area contributed by atoms with E-state index in [1.54, 1.807) is 12.1 Å². The molecule has 1 heterocycles. The van der Waals surface area contributed by atoms with E-state index in [-0.39, 0.29) is 10.4 Å². The first-order valence-electron chi connectivity index (χ1n) is 7.29. The molecule has 7 heteroatoms. The SMILES string of the molecule is CCCCC(CC)CNS(=O)(=O)c1cccc2nonc12. The molecular weight excluding hydrogens is 290 g/mol. The first-order chi connectivity index (χ1) is 10.1. The van der Waals surface area contributed by atoms with E-state index in [1.807, 2.05) is 0 Å². The summed E-state index contributed by atoms with van der Waals surface area (Å²) in [5, 5.41) is 7.34. The summed E-state index contributed by atoms with van der Waals surface area (Å²) < 4.78 is 32.1. The lowest BCUT2D eigenvalue weighted by atomic mass is 10.00. The van der Waals surface area contributed by atoms with Gasteiger partial charge in [0.1, 0.15) is 10.4 Å². The number of sulfonamides is 1. The summed E-state index contributed by atoms with van der Waals surface area (Å²) in [5.74, 6) is 0.356. The van der Waals surface area contributed by atoms with Gasteiger partial charge < -0.3 is 0 Å². The van der Waals surface area contributed by atoms with Crippen LogP contribution >= 0.6 is 0 Å². The molecule has 116 valence electrons. The van der Waals surface area contributed by atoms with Gasteiger partial charge in [-0.2, -0.15) is 0 Å². The van der Waals surface area contributed by atoms with E-state index in [0.29, 0.717) is 18.0 Å². The molecule has 0 saturated carbocycles. The zero-order chi connectivity index (χ0) is 15.3. The third kappa shape index (κ3) is 3.79. The number of hydrogen-bond donors (Lipinski definition) is 1. The average Bonchev–Trinajstić information content (AvgIpc) is 2.95. The maximum atomic E-state index is 12.4. The average molecular weight is 311 g/mol. The van der Waals surface area contributed by atoms with E-state index in [2.05, 4.69) is 33.5 Å². The monoisotopic (exact) mass is 311 g/mol. The molecule has 0 fully saturated rings. The van der Waals surface area contributed by atoms with Crippen LogP contribution in [0.15, 0.2) is 27.7 Å². The molecule has 0 saturated heterocycles. The van der Waals surface area contributed by atoms with Crippen LogP contribution in [-0.4, -0.2) is 25.3 Å². The first kappa shape index (κ1) is 15.9. The highest BCUT2D eigenvalue weighted by molar-refractivity contribution is 7.89. The molecule has 1 atom stereocenters. The van der Waals surface area contributed by atoms with Crippen LogP contribution in [0.3, 0.4) is 0 Å². The van der Waals surface area contributed by atoms with Gasteiger partial charge >= 0.3 is 0 Å². The second kappa shape index (κ2) is 7.00. The standard InChI is InChI=1S/C14H21N3O3S/c1-3-5-7-11(4-2)10-15-21(18,19)13-9-6-8-12-14(13)17-20-16-12/h6,8-9,11,15H,3-5,7,10H2,1-2H3. The number of hydrogen-bond acceptors (Lipinski definition) is 5. The van der Waals surface area contributed by atoms with Gasteiger partial charge in [-0.15, -0.1) is 0 Å². The van der Waals surface area contributed by atoms with Gasteiger partial charge in [-0.25, -0.2) is 17.8 Å². The van der Waals surface area contributed by atoms with Crippen molar-refractivity contribution < 1.29 is 13.0 Å². The lowest BCUT2D eigenvalue weighted by Crippen LogP contribution is -2.29. The number of nitrogens with one attached hydrogen (secondary N) is 1. The summed E-state index contributed by atoms with van der Waals surface area (Å²) in [5.41, 5.74) is 0.711. The topological polar surface area (TPSA) is 85.1 Å². The summed E-state index contributed by atoms with van der Waals surface area (Å²) in [6.45, 7) is 4.66. The highest BCUT2D eigenvalue weighted by Crippen LogP contribution is 2.20. The molecule has 21 heavy (non-hydrogen) atoms. The number of aromatic nitrogens is 2. The minimum Gasteiger partial charge on any atom is -0.243 e. The predicted molar refractivity (Wildman–Crippen MR) is 80.3 cm³/mol. The third-order valence-corrected chi connectivity index (χ3v) is 5.10. The van der Waals surface area contributed by atoms with E-state index < -0.39 is 10.0 Å². The Morgan fingerprint density at radius 1 is 1.29 bits per heavy atom. The molecule has 0 spiro atoms. The Bertz CT molecular complexity index is 682. The van der Waals surface area contributed by atoms with Crippen LogP contribution < -0.4 is 4.72 Å². The van der Waals surface area contributed by atoms with Gasteiger partial charge in [0.2, 0.25) is 10.0 Å². The summed E-state index contributed by atoms with van der Waals surface area (Å²) in [7, 11) is -3.60. The van der Waals surface area contributed by atoms with E-state index >= 15 is 0 Å². The van der Waals surface area contributed by atoms with Crippen molar-refractivity contribution in [2.45, 2.75) is 44.4 Å². The molecule has 0 aliphatic carbocycles. The van der Waals surface area contributed by atoms with Crippen LogP contribution in [0, 0.1) is 5.92 Å². The number of rotatable bonds is 8. The quantitative estimate of drug-likeness (QED) is 0.810. The van der Waals surface area contributed by atoms with Gasteiger partial charge in [-0.1, -0.05) is 39.2 Å². The molecule has 1 N–H and O–H groups in total. The van der Waals surface area contributed by atoms with Crippen molar-refractivity contribution >= 4 is 21.1 Å². The van der Waals surface area contributed by atoms with E-state index in [0.717, 1.165) is 25.7 Å². The zero-order valence-electron chi connectivity index (χ0n) is 12.4. The number of fused-ring (bicyclic) bond motifs is 1. The predicted octanol–water partition coefficient (Wildman–Crippen LogP) is 2.72. The number of nitrogens with zero attached hydrogens (tertiary/aromatic N) is 2. The van der Waals surface area contributed by atoms with Gasteiger partial charge in [-0.05, 0) is 34.8 Å². The van der Waals surface area contributed by atoms with Crippen LogP contribution in [0.1, 0.15) is 39.5 Å². The van der Waals surface area contributed by atoms with E-state index in [4.69, 9.17) is 0 Å². The lowest BCUT2D eigenvalue weighted by Gasteiger charge is -2.15. The van der Waals surface area contributed by atoms with Gasteiger partial charge in [0, 0.05) is 6.54 Å². The molecule has 0 aliphatic rings. The Kier molecular flexibility index (Phi) is 5.30. The van der Waals surface area contributed by atoms with Crippen LogP contribution in [0.4, 0.5) is 0 Å². The molecule has 0 aliphatic heterocycles. The van der Waals surface area contributed by atoms with Gasteiger partial charge in [-0.3, -0.25) is 0 Å². The largest absolute Gasteiger partial charge is 0.243 e. The van der Waals surface area contributed by atoms with Gasteiger partial charge in [0.25, 0.3) is 0 Å². The zero-order valence-corrected chi connectivity index (χ0v) is 13.2. The molecule has 2 rings (SSSR count). The second-order valence-corrected chi connectivity index (χ2v) is 6.89. The summed E-state index contributed by atoms with van der Waals surface area (Å²) >= 11 is 0. The van der Waals surface area contributed by atoms with Crippen molar-refractivity contribution in [1.29, 1.82) is 0 Å². The molecule has 0 bridgehead atoms. The van der Waals surface area contributed by atoms with Crippen LogP contribution in [0.2, 0.25) is 0 Å². The van der Waals surface area contributed by atoms with Gasteiger partial charge in [0.15, 0.2) is 5.52 Å². The van der Waals surface area contributed by atoms with Crippen molar-refractivity contribution in [3.05, 3.63) is 18.2 Å². The fourth-order valence-corrected chi connectivity index (χ4v) is 3.51. The minimum atomic E-state index is -3.60. The molecule has 1 aromatic heterocycles. The highest BCUT2D eigenvalue weighted by Gasteiger charge is 2.21. The fraction of sp³-hybridized carbons (Fsp3) is 0.571. The van der Waals surface area contributed by atoms with E-state index in [1.165, 1.54) is 6.07 Å². The number of unbranched alkanes of at least 4 members (excludes halogenated alkanes) is 1. The highest BCUT2D eigenvalue weighted by atomic mass is 32.2. The molecule has 1 unspecified atom stereocenters. The Balaban J connectivity index is 2.13. The van der Waals surface area contributed by atoms with Crippen molar-refractivity contribution in [2.75, 3.05) is 6.54 Å². The van der Waals surface area contributed by atoms with Crippen LogP contribution in [-0.2, 0) is 10.0 Å². The summed E-state index contributed by atoms with van der Waals surface area (Å²) in [6.07, 6.45) is 4.22. The van der Waals surface area contributed by atoms with Crippen molar-refractivity contribution in [2.24, 2.45) is 5.92 Å². The van der Waals surface area contributed by atoms with Crippen LogP contribution in [0.5, 0.6) is 0 Å². The first-order valence-corrected chi connectivity index (χ1v) is 8.77. The van der Waals surface area contributed by atoms with Crippen molar-refractivity contribution in [3.8, 4) is 0 Å². The van der Waals surface area contributed by atoms with E-state index in [9.17, 15) is 8.42 Å². The molecular formula is C14H21N3O3S. The molecule has 0 amide bonds. The van der Waals surface area contributed by atoms with Gasteiger partial charge in [0.05, 0.1) is 0 Å². The van der Waals surface area contributed by atoms with Crippen molar-refractivity contribution in [3.63, 3.8) is 0 Å². The smallest absolute Gasteiger partial charge is 0.242 e. The second-order valence-electron chi connectivity index (χ2n) is 5.16. The fourth-order valence-electron chi connectivity index (χ4n) is 2.25. The maximum absolute atomic E-state index is 12.4. The molecule has 2 aromatic rings. The molecule has 6 nitrogen and oxygen atoms in total. The Labute approximate surface area is 124 Å². The van der Waals surface area contributed by atoms with Crippen molar-refractivity contribution in [1.82, 2.24) is 15.0 Å². The molecule has 1 aromatic carbocycles. The Morgan fingerprint density at radius 2 is 2.10 bits per heavy atom. The number of benzene rings is 1. The maximum Gasteiger partial charge on any atom is 0.242 e. The lowest BCUT2D eigenvalue weighted by molar-refractivity contribution is 0.315. The normalized spacial score (nSPS) is 13.6. The minimum absolute atomic E-state index is 0.117. The molecule has 0 radical (unpaired) electrons. The summed E-state index contributed by atoms with van der Waals surface area (Å²) in [4.78, 5) is 0.117. The third-order valence-electron chi connectivity index (χ3n) is 3.64.